The zero-order chi connectivity index (χ0) is 54.8. The highest BCUT2D eigenvalue weighted by Gasteiger charge is 2.55. The molecule has 80 heavy (non-hydrogen) atoms. The first-order valence-corrected chi connectivity index (χ1v) is 29.5. The molecule has 8 unspecified atom stereocenters. The van der Waals surface area contributed by atoms with E-state index in [1.807, 2.05) is 0 Å². The summed E-state index contributed by atoms with van der Waals surface area (Å²) in [5.41, 5.74) is 20.6. The van der Waals surface area contributed by atoms with Crippen molar-refractivity contribution in [3.05, 3.63) is 283 Å². The van der Waals surface area contributed by atoms with Crippen LogP contribution in [0.15, 0.2) is 194 Å². The van der Waals surface area contributed by atoms with Gasteiger partial charge in [-0.2, -0.15) is 0 Å². The summed E-state index contributed by atoms with van der Waals surface area (Å²) in [6, 6.07) is 75.0. The average Bonchev–Trinajstić information content (AvgIpc) is 4.24. The van der Waals surface area contributed by atoms with Gasteiger partial charge in [0.1, 0.15) is 0 Å². The average molecular weight is 1060 g/mol. The Balaban J connectivity index is 1.04. The fraction of sp³-hybridized carbons (Fsp3) is 0.333. The third-order valence-corrected chi connectivity index (χ3v) is 19.0. The second-order valence-corrected chi connectivity index (χ2v) is 24.6. The molecule has 5 aliphatic rings. The fourth-order valence-corrected chi connectivity index (χ4v) is 14.8. The Bertz CT molecular complexity index is 2700. The molecular formula is C72H80N8. The van der Waals surface area contributed by atoms with Crippen molar-refractivity contribution in [2.24, 2.45) is 0 Å². The molecule has 8 atom stereocenters. The minimum Gasteiger partial charge on any atom is -0.285 e. The van der Waals surface area contributed by atoms with Crippen LogP contribution < -0.4 is 42.5 Å². The minimum atomic E-state index is -0.140. The van der Waals surface area contributed by atoms with Gasteiger partial charge in [-0.25, -0.2) is 0 Å². The molecule has 8 aromatic rings. The summed E-state index contributed by atoms with van der Waals surface area (Å²) < 4.78 is 0. The lowest BCUT2D eigenvalue weighted by atomic mass is 9.78. The largest absolute Gasteiger partial charge is 0.285 e. The molecular weight excluding hydrogens is 977 g/mol. The number of aryl methyl sites for hydroxylation is 8. The molecule has 5 aliphatic heterocycles. The first kappa shape index (κ1) is 52.8. The van der Waals surface area contributed by atoms with E-state index in [0.717, 1.165) is 0 Å². The normalized spacial score (nSPS) is 31.1. The third-order valence-electron chi connectivity index (χ3n) is 19.0. The highest BCUT2D eigenvalue weighted by Crippen LogP contribution is 2.50. The highest BCUT2D eigenvalue weighted by molar-refractivity contribution is 5.44. The van der Waals surface area contributed by atoms with Crippen molar-refractivity contribution < 1.29 is 0 Å². The van der Waals surface area contributed by atoms with Crippen LogP contribution in [0.4, 0.5) is 0 Å². The van der Waals surface area contributed by atoms with Gasteiger partial charge in [0.25, 0.3) is 0 Å². The second kappa shape index (κ2) is 22.1. The van der Waals surface area contributed by atoms with Gasteiger partial charge in [-0.1, -0.05) is 239 Å². The van der Waals surface area contributed by atoms with Crippen molar-refractivity contribution in [3.63, 3.8) is 0 Å². The molecule has 5 fully saturated rings. The zero-order valence-electron chi connectivity index (χ0n) is 47.7. The van der Waals surface area contributed by atoms with E-state index < -0.39 is 0 Å². The van der Waals surface area contributed by atoms with E-state index in [1.165, 1.54) is 89.0 Å². The van der Waals surface area contributed by atoms with Gasteiger partial charge in [0.2, 0.25) is 0 Å². The van der Waals surface area contributed by atoms with Crippen molar-refractivity contribution in [2.45, 2.75) is 152 Å². The van der Waals surface area contributed by atoms with Crippen LogP contribution in [-0.4, -0.2) is 49.3 Å². The van der Waals surface area contributed by atoms with Crippen LogP contribution in [0.25, 0.3) is 0 Å². The summed E-state index contributed by atoms with van der Waals surface area (Å²) in [5, 5.41) is 35.5. The van der Waals surface area contributed by atoms with E-state index in [0.29, 0.717) is 0 Å². The van der Waals surface area contributed by atoms with Crippen molar-refractivity contribution in [2.75, 3.05) is 0 Å². The molecule has 8 aromatic carbocycles. The first-order chi connectivity index (χ1) is 38.9. The SMILES string of the molecule is Cc1ccc(C2C3NC(NC4NC(NC5NC(NC6NC(N3)C(c3ccc(C)cc3)C6c3ccc(C)cc3)C(c3ccc(C)cc3)C5c3ccc(C)cc3)C(c3ccc(C)cc3)C4c3ccc(C)cc3)C2c2ccc(C)cc2)cc1. The predicted molar refractivity (Wildman–Crippen MR) is 327 cm³/mol. The maximum absolute atomic E-state index is 4.48. The number of nitrogens with one attached hydrogen (secondary N) is 8. The number of benzene rings is 8. The van der Waals surface area contributed by atoms with E-state index in [4.69, 9.17) is 0 Å². The Morgan fingerprint density at radius 3 is 0.325 bits per heavy atom. The quantitative estimate of drug-likeness (QED) is 0.0763. The molecule has 5 heterocycles. The van der Waals surface area contributed by atoms with Crippen LogP contribution in [-0.2, 0) is 0 Å². The van der Waals surface area contributed by atoms with Gasteiger partial charge >= 0.3 is 0 Å². The zero-order valence-corrected chi connectivity index (χ0v) is 47.7. The number of hydrogen-bond acceptors (Lipinski definition) is 8. The van der Waals surface area contributed by atoms with Crippen LogP contribution in [0, 0.1) is 55.4 Å². The van der Waals surface area contributed by atoms with E-state index >= 15 is 0 Å². The standard InChI is InChI=1S/C72H80N8/c1-41-9-25-49(26-10-41)57-58(50-27-11-42(2)12-28-50)66-73-65(57)77-67-59(51-29-13-43(3)14-30-51)60(52-31-15-44(4)16-32-52)69(74-67)79-71-63(55-37-21-47(7)22-38-55)64(56-39-23-48(8)24-40-56)72(76-71)80-70-62(54-35-19-46(6)20-36-54)61(68(75-70)78-66)53-33-17-45(5)18-34-53/h9-40,57-80H,1-8H3. The van der Waals surface area contributed by atoms with Crippen molar-refractivity contribution in [1.82, 2.24) is 42.5 Å². The first-order valence-electron chi connectivity index (χ1n) is 29.5. The molecule has 8 bridgehead atoms. The molecule has 0 spiro atoms. The molecule has 13 rings (SSSR count). The molecule has 8 nitrogen and oxygen atoms in total. The van der Waals surface area contributed by atoms with E-state index in [2.05, 4.69) is 292 Å². The fourth-order valence-electron chi connectivity index (χ4n) is 14.8. The lowest BCUT2D eigenvalue weighted by Crippen LogP contribution is -2.61. The molecule has 0 amide bonds. The molecule has 5 saturated heterocycles. The molecule has 8 N–H and O–H groups in total. The molecule has 0 saturated carbocycles. The lowest BCUT2D eigenvalue weighted by molar-refractivity contribution is 0.281. The summed E-state index contributed by atoms with van der Waals surface area (Å²) in [4.78, 5) is 0. The van der Waals surface area contributed by atoms with Crippen LogP contribution in [0.1, 0.15) is 136 Å². The number of hydrogen-bond donors (Lipinski definition) is 8. The molecule has 0 aromatic heterocycles. The molecule has 8 heteroatoms. The van der Waals surface area contributed by atoms with E-state index in [1.54, 1.807) is 0 Å². The van der Waals surface area contributed by atoms with Gasteiger partial charge in [-0.3, -0.25) is 42.5 Å². The molecule has 408 valence electrons. The van der Waals surface area contributed by atoms with Crippen LogP contribution >= 0.6 is 0 Å². The van der Waals surface area contributed by atoms with Crippen molar-refractivity contribution >= 4 is 0 Å². The Morgan fingerprint density at radius 2 is 0.237 bits per heavy atom. The Labute approximate surface area is 475 Å². The van der Waals surface area contributed by atoms with Crippen LogP contribution in [0.2, 0.25) is 0 Å². The molecule has 0 radical (unpaired) electrons. The summed E-state index contributed by atoms with van der Waals surface area (Å²) in [7, 11) is 0. The Morgan fingerprint density at radius 1 is 0.150 bits per heavy atom. The van der Waals surface area contributed by atoms with Crippen molar-refractivity contribution in [3.8, 4) is 0 Å². The van der Waals surface area contributed by atoms with Gasteiger partial charge < -0.3 is 0 Å². The number of rotatable bonds is 8. The summed E-state index contributed by atoms with van der Waals surface area (Å²) in [6.45, 7) is 17.6. The van der Waals surface area contributed by atoms with Crippen LogP contribution in [0.5, 0.6) is 0 Å². The van der Waals surface area contributed by atoms with Gasteiger partial charge in [0.15, 0.2) is 0 Å². The topological polar surface area (TPSA) is 96.2 Å². The van der Waals surface area contributed by atoms with Crippen molar-refractivity contribution in [1.29, 1.82) is 0 Å². The summed E-state index contributed by atoms with van der Waals surface area (Å²) in [6.07, 6.45) is -1.12. The smallest absolute Gasteiger partial charge is 0.0673 e. The van der Waals surface area contributed by atoms with Gasteiger partial charge in [-0.15, -0.1) is 0 Å². The maximum atomic E-state index is 4.48. The Kier molecular flexibility index (Phi) is 14.6. The monoisotopic (exact) mass is 1060 g/mol. The summed E-state index contributed by atoms with van der Waals surface area (Å²) >= 11 is 0. The minimum absolute atomic E-state index is 0.0525. The second-order valence-electron chi connectivity index (χ2n) is 24.6. The van der Waals surface area contributed by atoms with Gasteiger partial charge in [0, 0.05) is 47.3 Å². The highest BCUT2D eigenvalue weighted by atomic mass is 15.4. The molecule has 0 aliphatic carbocycles. The van der Waals surface area contributed by atoms with E-state index in [-0.39, 0.29) is 96.7 Å². The predicted octanol–water partition coefficient (Wildman–Crippen LogP) is 12.1. The maximum Gasteiger partial charge on any atom is 0.0673 e. The van der Waals surface area contributed by atoms with Gasteiger partial charge in [0.05, 0.1) is 49.3 Å². The summed E-state index contributed by atoms with van der Waals surface area (Å²) in [5.74, 6) is 0.420. The Hall–Kier alpha value is -6.56. The van der Waals surface area contributed by atoms with E-state index in [9.17, 15) is 0 Å². The van der Waals surface area contributed by atoms with Crippen LogP contribution in [0.3, 0.4) is 0 Å². The lowest BCUT2D eigenvalue weighted by Gasteiger charge is -2.33. The third kappa shape index (κ3) is 10.3. The number of fused-ring (bicyclic) bond motifs is 8. The van der Waals surface area contributed by atoms with Gasteiger partial charge in [-0.05, 0) is 99.9 Å².